The van der Waals surface area contributed by atoms with Gasteiger partial charge < -0.3 is 0 Å². The van der Waals surface area contributed by atoms with Gasteiger partial charge in [-0.25, -0.2) is 9.97 Å². The number of nitrogens with zero attached hydrogens (tertiary/aromatic N) is 3. The van der Waals surface area contributed by atoms with Gasteiger partial charge in [0.15, 0.2) is 0 Å². The first kappa shape index (κ1) is 11.1. The summed E-state index contributed by atoms with van der Waals surface area (Å²) >= 11 is 0. The highest BCUT2D eigenvalue weighted by molar-refractivity contribution is 7.84. The Balaban J connectivity index is 2.06. The van der Waals surface area contributed by atoms with Gasteiger partial charge in [-0.15, -0.1) is 0 Å². The average Bonchev–Trinajstić information content (AvgIpc) is 2.82. The van der Waals surface area contributed by atoms with Gasteiger partial charge in [-0.05, 0) is 18.2 Å². The fraction of sp³-hybridized carbons (Fsp3) is 0.0769. The van der Waals surface area contributed by atoms with Gasteiger partial charge in [0.05, 0.1) is 5.69 Å². The first-order chi connectivity index (χ1) is 8.74. The van der Waals surface area contributed by atoms with Crippen LogP contribution in [0.5, 0.6) is 0 Å². The normalized spacial score (nSPS) is 12.7. The van der Waals surface area contributed by atoms with Crippen LogP contribution in [0.25, 0.3) is 17.0 Å². The molecule has 2 aromatic heterocycles. The Kier molecular flexibility index (Phi) is 2.68. The second kappa shape index (κ2) is 4.34. The van der Waals surface area contributed by atoms with Crippen molar-refractivity contribution in [2.75, 3.05) is 6.26 Å². The molecule has 0 aliphatic carbocycles. The van der Waals surface area contributed by atoms with Crippen LogP contribution < -0.4 is 0 Å². The van der Waals surface area contributed by atoms with Gasteiger partial charge in [-0.2, -0.15) is 0 Å². The van der Waals surface area contributed by atoms with Crippen LogP contribution in [-0.4, -0.2) is 24.8 Å². The molecule has 0 amide bonds. The zero-order valence-corrected chi connectivity index (χ0v) is 10.6. The molecule has 0 saturated heterocycles. The molecule has 0 spiro atoms. The van der Waals surface area contributed by atoms with Crippen LogP contribution in [0, 0.1) is 0 Å². The number of hydrogen-bond acceptors (Lipinski definition) is 3. The van der Waals surface area contributed by atoms with Crippen molar-refractivity contribution in [1.29, 1.82) is 0 Å². The number of imidazole rings is 1. The highest BCUT2D eigenvalue weighted by Crippen LogP contribution is 2.19. The number of hydrogen-bond donors (Lipinski definition) is 0. The molecule has 0 saturated carbocycles. The first-order valence-corrected chi connectivity index (χ1v) is 7.03. The summed E-state index contributed by atoms with van der Waals surface area (Å²) in [6.45, 7) is 0. The Morgan fingerprint density at radius 2 is 2.00 bits per heavy atom. The summed E-state index contributed by atoms with van der Waals surface area (Å²) in [7, 11) is -0.946. The Bertz CT molecular complexity index is 685. The van der Waals surface area contributed by atoms with Gasteiger partial charge >= 0.3 is 0 Å². The quantitative estimate of drug-likeness (QED) is 0.706. The molecule has 0 aliphatic heterocycles. The van der Waals surface area contributed by atoms with E-state index in [0.717, 1.165) is 16.2 Å². The maximum Gasteiger partial charge on any atom is 0.234 e. The number of benzene rings is 1. The zero-order chi connectivity index (χ0) is 12.5. The van der Waals surface area contributed by atoms with Crippen LogP contribution >= 0.6 is 0 Å². The number of fused-ring (bicyclic) bond motifs is 1. The van der Waals surface area contributed by atoms with Crippen molar-refractivity contribution in [3.05, 3.63) is 48.9 Å². The molecule has 3 rings (SSSR count). The summed E-state index contributed by atoms with van der Waals surface area (Å²) in [5.41, 5.74) is 1.86. The average molecular weight is 257 g/mol. The second-order valence-electron chi connectivity index (χ2n) is 3.93. The fourth-order valence-electron chi connectivity index (χ4n) is 1.79. The lowest BCUT2D eigenvalue weighted by molar-refractivity contribution is 0.687. The Hall–Kier alpha value is -2.01. The summed E-state index contributed by atoms with van der Waals surface area (Å²) in [6, 6.07) is 9.45. The SMILES string of the molecule is C[S@@](=O)c1ccc(-c2cn3cccnc3n2)cc1. The van der Waals surface area contributed by atoms with Gasteiger partial charge in [0.2, 0.25) is 5.78 Å². The smallest absolute Gasteiger partial charge is 0.234 e. The molecule has 0 N–H and O–H groups in total. The highest BCUT2D eigenvalue weighted by Gasteiger charge is 2.05. The third-order valence-corrected chi connectivity index (χ3v) is 3.65. The van der Waals surface area contributed by atoms with Crippen molar-refractivity contribution in [2.45, 2.75) is 4.90 Å². The molecule has 4 nitrogen and oxygen atoms in total. The lowest BCUT2D eigenvalue weighted by Gasteiger charge is -1.98. The molecule has 5 heteroatoms. The van der Waals surface area contributed by atoms with Gasteiger partial charge in [-0.3, -0.25) is 8.61 Å². The van der Waals surface area contributed by atoms with E-state index in [-0.39, 0.29) is 0 Å². The summed E-state index contributed by atoms with van der Waals surface area (Å²) in [6.07, 6.45) is 7.23. The predicted octanol–water partition coefficient (Wildman–Crippen LogP) is 2.13. The first-order valence-electron chi connectivity index (χ1n) is 5.47. The molecule has 3 aromatic rings. The minimum absolute atomic E-state index is 0.677. The van der Waals surface area contributed by atoms with E-state index in [2.05, 4.69) is 9.97 Å². The van der Waals surface area contributed by atoms with Crippen LogP contribution in [-0.2, 0) is 10.8 Å². The topological polar surface area (TPSA) is 47.3 Å². The van der Waals surface area contributed by atoms with Crippen molar-refractivity contribution in [3.63, 3.8) is 0 Å². The van der Waals surface area contributed by atoms with E-state index in [1.165, 1.54) is 0 Å². The van der Waals surface area contributed by atoms with Crippen molar-refractivity contribution in [2.24, 2.45) is 0 Å². The predicted molar refractivity (Wildman–Crippen MR) is 70.8 cm³/mol. The molecule has 0 radical (unpaired) electrons. The number of rotatable bonds is 2. The minimum Gasteiger partial charge on any atom is -0.291 e. The van der Waals surface area contributed by atoms with Crippen molar-refractivity contribution in [3.8, 4) is 11.3 Å². The molecule has 0 unspecified atom stereocenters. The van der Waals surface area contributed by atoms with Crippen LogP contribution in [0.15, 0.2) is 53.8 Å². The molecule has 1 aromatic carbocycles. The molecule has 90 valence electrons. The van der Waals surface area contributed by atoms with E-state index >= 15 is 0 Å². The molecule has 18 heavy (non-hydrogen) atoms. The minimum atomic E-state index is -0.946. The molecule has 0 bridgehead atoms. The van der Waals surface area contributed by atoms with Gasteiger partial charge in [0.25, 0.3) is 0 Å². The standard InChI is InChI=1S/C13H11N3OS/c1-18(17)11-5-3-10(4-6-11)12-9-16-8-2-7-14-13(16)15-12/h2-9H,1H3/t18-/m1/s1. The Morgan fingerprint density at radius 1 is 1.22 bits per heavy atom. The van der Waals surface area contributed by atoms with E-state index in [1.54, 1.807) is 12.5 Å². The van der Waals surface area contributed by atoms with E-state index in [9.17, 15) is 4.21 Å². The number of aromatic nitrogens is 3. The molecule has 2 heterocycles. The molecule has 1 atom stereocenters. The highest BCUT2D eigenvalue weighted by atomic mass is 32.2. The summed E-state index contributed by atoms with van der Waals surface area (Å²) in [5.74, 6) is 0.677. The molecular formula is C13H11N3OS. The van der Waals surface area contributed by atoms with Crippen molar-refractivity contribution >= 4 is 16.6 Å². The van der Waals surface area contributed by atoms with Crippen molar-refractivity contribution in [1.82, 2.24) is 14.4 Å². The van der Waals surface area contributed by atoms with Crippen LogP contribution in [0.1, 0.15) is 0 Å². The van der Waals surface area contributed by atoms with E-state index in [1.807, 2.05) is 47.1 Å². The third-order valence-electron chi connectivity index (χ3n) is 2.72. The lowest BCUT2D eigenvalue weighted by atomic mass is 10.2. The Morgan fingerprint density at radius 3 is 2.67 bits per heavy atom. The monoisotopic (exact) mass is 257 g/mol. The maximum absolute atomic E-state index is 11.3. The summed E-state index contributed by atoms with van der Waals surface area (Å²) < 4.78 is 13.2. The zero-order valence-electron chi connectivity index (χ0n) is 9.78. The van der Waals surface area contributed by atoms with E-state index < -0.39 is 10.8 Å². The summed E-state index contributed by atoms with van der Waals surface area (Å²) in [4.78, 5) is 9.43. The molecule has 0 aliphatic rings. The summed E-state index contributed by atoms with van der Waals surface area (Å²) in [5, 5.41) is 0. The van der Waals surface area contributed by atoms with Gasteiger partial charge in [-0.1, -0.05) is 12.1 Å². The Labute approximate surface area is 107 Å². The van der Waals surface area contributed by atoms with Gasteiger partial charge in [0.1, 0.15) is 0 Å². The fourth-order valence-corrected chi connectivity index (χ4v) is 2.31. The van der Waals surface area contributed by atoms with Crippen LogP contribution in [0.3, 0.4) is 0 Å². The third kappa shape index (κ3) is 1.93. The second-order valence-corrected chi connectivity index (χ2v) is 5.31. The van der Waals surface area contributed by atoms with Crippen LogP contribution in [0.4, 0.5) is 0 Å². The van der Waals surface area contributed by atoms with Gasteiger partial charge in [0, 0.05) is 46.1 Å². The maximum atomic E-state index is 11.3. The largest absolute Gasteiger partial charge is 0.291 e. The van der Waals surface area contributed by atoms with Crippen LogP contribution in [0.2, 0.25) is 0 Å². The van der Waals surface area contributed by atoms with E-state index in [0.29, 0.717) is 5.78 Å². The molecular weight excluding hydrogens is 246 g/mol. The van der Waals surface area contributed by atoms with Crippen molar-refractivity contribution < 1.29 is 4.21 Å². The molecule has 0 fully saturated rings. The lowest BCUT2D eigenvalue weighted by Crippen LogP contribution is -1.86. The van der Waals surface area contributed by atoms with E-state index in [4.69, 9.17) is 0 Å².